The Balaban J connectivity index is 1.84. The zero-order valence-electron chi connectivity index (χ0n) is 11.1. The van der Waals surface area contributed by atoms with E-state index < -0.39 is 0 Å². The van der Waals surface area contributed by atoms with Crippen LogP contribution in [0.25, 0.3) is 11.2 Å². The van der Waals surface area contributed by atoms with E-state index in [1.807, 2.05) is 18.3 Å². The Morgan fingerprint density at radius 1 is 1.44 bits per heavy atom. The Morgan fingerprint density at radius 3 is 3.11 bits per heavy atom. The third-order valence-corrected chi connectivity index (χ3v) is 3.95. The molecule has 4 nitrogen and oxygen atoms in total. The molecule has 1 aliphatic rings. The van der Waals surface area contributed by atoms with E-state index in [9.17, 15) is 0 Å². The van der Waals surface area contributed by atoms with Crippen LogP contribution in [0.1, 0.15) is 19.2 Å². The van der Waals surface area contributed by atoms with Gasteiger partial charge in [0.2, 0.25) is 0 Å². The van der Waals surface area contributed by atoms with E-state index in [1.54, 1.807) is 0 Å². The number of hydrogen-bond donors (Lipinski definition) is 0. The molecule has 0 amide bonds. The molecule has 18 heavy (non-hydrogen) atoms. The van der Waals surface area contributed by atoms with E-state index in [-0.39, 0.29) is 0 Å². The highest BCUT2D eigenvalue weighted by Gasteiger charge is 2.22. The van der Waals surface area contributed by atoms with Crippen molar-refractivity contribution in [2.75, 3.05) is 19.6 Å². The lowest BCUT2D eigenvalue weighted by Gasteiger charge is -2.14. The lowest BCUT2D eigenvalue weighted by atomic mass is 10.1. The Kier molecular flexibility index (Phi) is 3.04. The van der Waals surface area contributed by atoms with Crippen LogP contribution in [0, 0.1) is 12.8 Å². The van der Waals surface area contributed by atoms with Crippen molar-refractivity contribution in [2.24, 2.45) is 5.92 Å². The van der Waals surface area contributed by atoms with Crippen LogP contribution < -0.4 is 0 Å². The highest BCUT2D eigenvalue weighted by Crippen LogP contribution is 2.21. The second-order valence-corrected chi connectivity index (χ2v) is 5.16. The average molecular weight is 244 g/mol. The van der Waals surface area contributed by atoms with Crippen LogP contribution in [0.2, 0.25) is 0 Å². The molecule has 96 valence electrons. The highest BCUT2D eigenvalue weighted by molar-refractivity contribution is 5.71. The van der Waals surface area contributed by atoms with E-state index >= 15 is 0 Å². The van der Waals surface area contributed by atoms with Gasteiger partial charge in [-0.2, -0.15) is 0 Å². The molecular formula is C14H20N4. The number of nitrogens with zero attached hydrogens (tertiary/aromatic N) is 4. The molecule has 2 aromatic rings. The molecule has 1 unspecified atom stereocenters. The van der Waals surface area contributed by atoms with Crippen LogP contribution >= 0.6 is 0 Å². The van der Waals surface area contributed by atoms with Gasteiger partial charge in [-0.25, -0.2) is 9.97 Å². The topological polar surface area (TPSA) is 34.0 Å². The zero-order chi connectivity index (χ0) is 12.5. The van der Waals surface area contributed by atoms with Crippen LogP contribution in [0.3, 0.4) is 0 Å². The number of rotatable bonds is 3. The standard InChI is InChI=1S/C14H20N4/c1-3-17-8-6-12(9-17)10-18-11(2)16-13-5-4-7-15-14(13)18/h4-5,7,12H,3,6,8-10H2,1-2H3. The van der Waals surface area contributed by atoms with Gasteiger partial charge in [0.1, 0.15) is 11.3 Å². The number of imidazole rings is 1. The minimum absolute atomic E-state index is 0.739. The van der Waals surface area contributed by atoms with Gasteiger partial charge in [0.25, 0.3) is 0 Å². The molecule has 3 heterocycles. The maximum absolute atomic E-state index is 4.58. The van der Waals surface area contributed by atoms with E-state index in [0.29, 0.717) is 0 Å². The van der Waals surface area contributed by atoms with Gasteiger partial charge in [-0.05, 0) is 44.5 Å². The quantitative estimate of drug-likeness (QED) is 0.829. The molecule has 3 rings (SSSR count). The summed E-state index contributed by atoms with van der Waals surface area (Å²) in [5, 5.41) is 0. The Morgan fingerprint density at radius 2 is 2.33 bits per heavy atom. The third-order valence-electron chi connectivity index (χ3n) is 3.95. The van der Waals surface area contributed by atoms with E-state index in [0.717, 1.165) is 29.5 Å². The largest absolute Gasteiger partial charge is 0.313 e. The molecule has 0 spiro atoms. The van der Waals surface area contributed by atoms with Gasteiger partial charge in [0.05, 0.1) is 0 Å². The number of pyridine rings is 1. The first-order chi connectivity index (χ1) is 8.78. The van der Waals surface area contributed by atoms with Crippen LogP contribution in [-0.2, 0) is 6.54 Å². The number of fused-ring (bicyclic) bond motifs is 1. The smallest absolute Gasteiger partial charge is 0.159 e. The molecule has 4 heteroatoms. The van der Waals surface area contributed by atoms with Crippen LogP contribution in [0.4, 0.5) is 0 Å². The molecule has 0 saturated carbocycles. The van der Waals surface area contributed by atoms with Gasteiger partial charge in [-0.3, -0.25) is 0 Å². The van der Waals surface area contributed by atoms with Crippen LogP contribution in [0.5, 0.6) is 0 Å². The molecule has 0 N–H and O–H groups in total. The summed E-state index contributed by atoms with van der Waals surface area (Å²) in [6.07, 6.45) is 3.15. The van der Waals surface area contributed by atoms with Crippen LogP contribution in [-0.4, -0.2) is 39.1 Å². The summed E-state index contributed by atoms with van der Waals surface area (Å²) < 4.78 is 2.28. The summed E-state index contributed by atoms with van der Waals surface area (Å²) >= 11 is 0. The summed E-state index contributed by atoms with van der Waals surface area (Å²) in [5.74, 6) is 1.82. The second kappa shape index (κ2) is 4.69. The van der Waals surface area contributed by atoms with Crippen molar-refractivity contribution in [1.82, 2.24) is 19.4 Å². The maximum Gasteiger partial charge on any atom is 0.159 e. The molecule has 2 aromatic heterocycles. The van der Waals surface area contributed by atoms with Crippen molar-refractivity contribution in [2.45, 2.75) is 26.8 Å². The maximum atomic E-state index is 4.58. The summed E-state index contributed by atoms with van der Waals surface area (Å²) in [6.45, 7) is 8.98. The summed E-state index contributed by atoms with van der Waals surface area (Å²) in [6, 6.07) is 3.99. The predicted octanol–water partition coefficient (Wildman–Crippen LogP) is 2.08. The van der Waals surface area contributed by atoms with Crippen LogP contribution in [0.15, 0.2) is 18.3 Å². The van der Waals surface area contributed by atoms with E-state index in [1.165, 1.54) is 26.1 Å². The number of aryl methyl sites for hydroxylation is 1. The number of aromatic nitrogens is 3. The molecule has 1 saturated heterocycles. The molecule has 1 fully saturated rings. The SMILES string of the molecule is CCN1CCC(Cn2c(C)nc3cccnc32)C1. The van der Waals surface area contributed by atoms with E-state index in [4.69, 9.17) is 0 Å². The molecule has 0 radical (unpaired) electrons. The molecular weight excluding hydrogens is 224 g/mol. The minimum atomic E-state index is 0.739. The van der Waals surface area contributed by atoms with Gasteiger partial charge in [0.15, 0.2) is 5.65 Å². The summed E-state index contributed by atoms with van der Waals surface area (Å²) in [7, 11) is 0. The monoisotopic (exact) mass is 244 g/mol. The Hall–Kier alpha value is -1.42. The van der Waals surface area contributed by atoms with Gasteiger partial charge in [-0.15, -0.1) is 0 Å². The van der Waals surface area contributed by atoms with Gasteiger partial charge in [-0.1, -0.05) is 6.92 Å². The second-order valence-electron chi connectivity index (χ2n) is 5.16. The van der Waals surface area contributed by atoms with Crippen molar-refractivity contribution in [3.63, 3.8) is 0 Å². The fourth-order valence-electron chi connectivity index (χ4n) is 2.90. The first kappa shape index (κ1) is 11.7. The van der Waals surface area contributed by atoms with Crippen molar-refractivity contribution in [1.29, 1.82) is 0 Å². The molecule has 0 aliphatic carbocycles. The predicted molar refractivity (Wildman–Crippen MR) is 72.5 cm³/mol. The lowest BCUT2D eigenvalue weighted by molar-refractivity contribution is 0.333. The molecule has 0 aromatic carbocycles. The first-order valence-electron chi connectivity index (χ1n) is 6.78. The molecule has 1 atom stereocenters. The summed E-state index contributed by atoms with van der Waals surface area (Å²) in [4.78, 5) is 11.6. The lowest BCUT2D eigenvalue weighted by Crippen LogP contribution is -2.21. The minimum Gasteiger partial charge on any atom is -0.313 e. The number of likely N-dealkylation sites (tertiary alicyclic amines) is 1. The molecule has 1 aliphatic heterocycles. The third kappa shape index (κ3) is 2.01. The van der Waals surface area contributed by atoms with Gasteiger partial charge in [0, 0.05) is 19.3 Å². The summed E-state index contributed by atoms with van der Waals surface area (Å²) in [5.41, 5.74) is 2.05. The average Bonchev–Trinajstić information content (AvgIpc) is 2.96. The number of hydrogen-bond acceptors (Lipinski definition) is 3. The highest BCUT2D eigenvalue weighted by atomic mass is 15.2. The van der Waals surface area contributed by atoms with Crippen molar-refractivity contribution in [3.05, 3.63) is 24.2 Å². The Bertz CT molecular complexity index is 546. The fraction of sp³-hybridized carbons (Fsp3) is 0.571. The molecule has 0 bridgehead atoms. The fourth-order valence-corrected chi connectivity index (χ4v) is 2.90. The zero-order valence-corrected chi connectivity index (χ0v) is 11.1. The van der Waals surface area contributed by atoms with Crippen molar-refractivity contribution >= 4 is 11.2 Å². The van der Waals surface area contributed by atoms with E-state index in [2.05, 4.69) is 33.3 Å². The Labute approximate surface area is 108 Å². The first-order valence-corrected chi connectivity index (χ1v) is 6.78. The van der Waals surface area contributed by atoms with Crippen molar-refractivity contribution < 1.29 is 0 Å². The normalized spacial score (nSPS) is 20.9. The van der Waals surface area contributed by atoms with Gasteiger partial charge >= 0.3 is 0 Å². The van der Waals surface area contributed by atoms with Gasteiger partial charge < -0.3 is 9.47 Å². The van der Waals surface area contributed by atoms with Crippen molar-refractivity contribution in [3.8, 4) is 0 Å².